The smallest absolute Gasteiger partial charge is 0.224 e. The summed E-state index contributed by atoms with van der Waals surface area (Å²) in [5.41, 5.74) is 0.990. The van der Waals surface area contributed by atoms with Crippen molar-refractivity contribution in [2.45, 2.75) is 38.1 Å². The summed E-state index contributed by atoms with van der Waals surface area (Å²) in [6, 6.07) is 12.0. The Kier molecular flexibility index (Phi) is 8.93. The fourth-order valence-corrected chi connectivity index (χ4v) is 4.34. The Balaban J connectivity index is 0.00000243. The number of hydrogen-bond donors (Lipinski definition) is 1. The van der Waals surface area contributed by atoms with Gasteiger partial charge in [-0.1, -0.05) is 42.6 Å². The summed E-state index contributed by atoms with van der Waals surface area (Å²) in [7, 11) is 0. The molecule has 0 spiro atoms. The van der Waals surface area contributed by atoms with Crippen molar-refractivity contribution in [2.24, 2.45) is 0 Å². The van der Waals surface area contributed by atoms with Crippen LogP contribution in [0, 0.1) is 0 Å². The maximum absolute atomic E-state index is 12.4. The molecular formula is C20H26Cl2N2OS. The van der Waals surface area contributed by atoms with Crippen LogP contribution < -0.4 is 5.32 Å². The van der Waals surface area contributed by atoms with Gasteiger partial charge in [0.05, 0.1) is 12.5 Å². The Morgan fingerprint density at radius 3 is 2.42 bits per heavy atom. The van der Waals surface area contributed by atoms with Crippen LogP contribution in [0.1, 0.15) is 42.2 Å². The summed E-state index contributed by atoms with van der Waals surface area (Å²) in [6.45, 7) is 2.91. The lowest BCUT2D eigenvalue weighted by Crippen LogP contribution is -2.38. The van der Waals surface area contributed by atoms with Gasteiger partial charge in [0.15, 0.2) is 0 Å². The van der Waals surface area contributed by atoms with E-state index in [-0.39, 0.29) is 24.4 Å². The Bertz CT molecular complexity index is 653. The van der Waals surface area contributed by atoms with Crippen molar-refractivity contribution in [3.05, 3.63) is 57.2 Å². The van der Waals surface area contributed by atoms with Gasteiger partial charge in [0, 0.05) is 16.4 Å². The summed E-state index contributed by atoms with van der Waals surface area (Å²) < 4.78 is 0. The lowest BCUT2D eigenvalue weighted by atomic mass is 10.1. The van der Waals surface area contributed by atoms with E-state index < -0.39 is 0 Å². The molecule has 0 aliphatic carbocycles. The lowest BCUT2D eigenvalue weighted by molar-refractivity contribution is -0.120. The van der Waals surface area contributed by atoms with Gasteiger partial charge in [0.2, 0.25) is 5.91 Å². The van der Waals surface area contributed by atoms with Gasteiger partial charge in [-0.2, -0.15) is 0 Å². The van der Waals surface area contributed by atoms with Crippen LogP contribution in [0.2, 0.25) is 5.02 Å². The van der Waals surface area contributed by atoms with Crippen LogP contribution in [0.4, 0.5) is 0 Å². The first-order valence-corrected chi connectivity index (χ1v) is 10.3. The Morgan fingerprint density at radius 2 is 1.81 bits per heavy atom. The summed E-state index contributed by atoms with van der Waals surface area (Å²) >= 11 is 7.68. The third-order valence-electron chi connectivity index (χ3n) is 4.72. The van der Waals surface area contributed by atoms with Gasteiger partial charge in [0.25, 0.3) is 0 Å². The lowest BCUT2D eigenvalue weighted by Gasteiger charge is -2.30. The Morgan fingerprint density at radius 1 is 1.12 bits per heavy atom. The quantitative estimate of drug-likeness (QED) is 0.715. The first kappa shape index (κ1) is 21.2. The number of amides is 1. The van der Waals surface area contributed by atoms with Crippen LogP contribution >= 0.6 is 35.3 Å². The summed E-state index contributed by atoms with van der Waals surface area (Å²) in [4.78, 5) is 16.2. The molecule has 1 saturated heterocycles. The second-order valence-electron chi connectivity index (χ2n) is 6.59. The van der Waals surface area contributed by atoms with Crippen LogP contribution in [0.3, 0.4) is 0 Å². The zero-order chi connectivity index (χ0) is 17.5. The SMILES string of the molecule is Cl.O=C(Cc1ccc(Cl)cc1)NCC(c1cccs1)N1CCCCCC1. The van der Waals surface area contributed by atoms with E-state index in [1.807, 2.05) is 24.3 Å². The average Bonchev–Trinajstić information content (AvgIpc) is 3.00. The number of likely N-dealkylation sites (tertiary alicyclic amines) is 1. The minimum Gasteiger partial charge on any atom is -0.354 e. The maximum atomic E-state index is 12.4. The van der Waals surface area contributed by atoms with Gasteiger partial charge < -0.3 is 5.32 Å². The highest BCUT2D eigenvalue weighted by atomic mass is 35.5. The first-order chi connectivity index (χ1) is 12.2. The van der Waals surface area contributed by atoms with Crippen molar-refractivity contribution in [3.63, 3.8) is 0 Å². The molecule has 2 aromatic rings. The number of nitrogens with zero attached hydrogens (tertiary/aromatic N) is 1. The zero-order valence-corrected chi connectivity index (χ0v) is 17.2. The second-order valence-corrected chi connectivity index (χ2v) is 8.00. The number of thiophene rings is 1. The molecule has 1 aromatic heterocycles. The van der Waals surface area contributed by atoms with E-state index in [1.165, 1.54) is 30.6 Å². The van der Waals surface area contributed by atoms with E-state index in [0.717, 1.165) is 18.7 Å². The van der Waals surface area contributed by atoms with Crippen molar-refractivity contribution < 1.29 is 4.79 Å². The fourth-order valence-electron chi connectivity index (χ4n) is 3.36. The van der Waals surface area contributed by atoms with Crippen molar-refractivity contribution in [3.8, 4) is 0 Å². The topological polar surface area (TPSA) is 32.3 Å². The number of halogens is 2. The molecule has 0 saturated carbocycles. The molecule has 0 radical (unpaired) electrons. The minimum absolute atomic E-state index is 0. The molecule has 1 unspecified atom stereocenters. The molecule has 26 heavy (non-hydrogen) atoms. The number of rotatable bonds is 6. The molecular weight excluding hydrogens is 387 g/mol. The molecule has 3 rings (SSSR count). The normalized spacial score (nSPS) is 16.3. The molecule has 1 atom stereocenters. The van der Waals surface area contributed by atoms with E-state index in [4.69, 9.17) is 11.6 Å². The third-order valence-corrected chi connectivity index (χ3v) is 5.95. The third kappa shape index (κ3) is 6.27. The number of benzene rings is 1. The predicted molar refractivity (Wildman–Crippen MR) is 113 cm³/mol. The van der Waals surface area contributed by atoms with E-state index in [2.05, 4.69) is 27.7 Å². The number of carbonyl (C=O) groups is 1. The molecule has 1 aliphatic heterocycles. The standard InChI is InChI=1S/C20H25ClN2OS.ClH/c21-17-9-7-16(8-10-17)14-20(24)22-15-18(19-6-5-13-25-19)23-11-3-1-2-4-12-23;/h5-10,13,18H,1-4,11-12,14-15H2,(H,22,24);1H. The van der Waals surface area contributed by atoms with E-state index >= 15 is 0 Å². The zero-order valence-electron chi connectivity index (χ0n) is 14.8. The molecule has 0 bridgehead atoms. The highest BCUT2D eigenvalue weighted by Crippen LogP contribution is 2.27. The second kappa shape index (κ2) is 10.9. The van der Waals surface area contributed by atoms with Crippen molar-refractivity contribution in [1.82, 2.24) is 10.2 Å². The molecule has 1 amide bonds. The van der Waals surface area contributed by atoms with Gasteiger partial charge in [-0.25, -0.2) is 0 Å². The van der Waals surface area contributed by atoms with Gasteiger partial charge >= 0.3 is 0 Å². The predicted octanol–water partition coefficient (Wildman–Crippen LogP) is 5.10. The molecule has 1 N–H and O–H groups in total. The average molecular weight is 413 g/mol. The van der Waals surface area contributed by atoms with Crippen LogP contribution in [-0.2, 0) is 11.2 Å². The molecule has 3 nitrogen and oxygen atoms in total. The number of hydrogen-bond acceptors (Lipinski definition) is 3. The fraction of sp³-hybridized carbons (Fsp3) is 0.450. The van der Waals surface area contributed by atoms with Crippen molar-refractivity contribution in [2.75, 3.05) is 19.6 Å². The van der Waals surface area contributed by atoms with E-state index in [9.17, 15) is 4.79 Å². The minimum atomic E-state index is 0. The molecule has 6 heteroatoms. The Hall–Kier alpha value is -1.07. The van der Waals surface area contributed by atoms with Gasteiger partial charge in [-0.15, -0.1) is 23.7 Å². The maximum Gasteiger partial charge on any atom is 0.224 e. The highest BCUT2D eigenvalue weighted by molar-refractivity contribution is 7.10. The van der Waals surface area contributed by atoms with Gasteiger partial charge in [-0.05, 0) is 55.1 Å². The largest absolute Gasteiger partial charge is 0.354 e. The highest BCUT2D eigenvalue weighted by Gasteiger charge is 2.22. The van der Waals surface area contributed by atoms with E-state index in [1.54, 1.807) is 11.3 Å². The summed E-state index contributed by atoms with van der Waals surface area (Å²) in [5.74, 6) is 0.0682. The van der Waals surface area contributed by atoms with Crippen LogP contribution in [0.15, 0.2) is 41.8 Å². The van der Waals surface area contributed by atoms with Crippen molar-refractivity contribution in [1.29, 1.82) is 0 Å². The first-order valence-electron chi connectivity index (χ1n) is 9.01. The monoisotopic (exact) mass is 412 g/mol. The number of nitrogens with one attached hydrogen (secondary N) is 1. The molecule has 142 valence electrons. The number of carbonyl (C=O) groups excluding carboxylic acids is 1. The van der Waals surface area contributed by atoms with Crippen LogP contribution in [0.25, 0.3) is 0 Å². The van der Waals surface area contributed by atoms with E-state index in [0.29, 0.717) is 18.0 Å². The van der Waals surface area contributed by atoms with Crippen molar-refractivity contribution >= 4 is 41.3 Å². The van der Waals surface area contributed by atoms with Crippen LogP contribution in [0.5, 0.6) is 0 Å². The van der Waals surface area contributed by atoms with Gasteiger partial charge in [0.1, 0.15) is 0 Å². The molecule has 2 heterocycles. The van der Waals surface area contributed by atoms with Crippen LogP contribution in [-0.4, -0.2) is 30.4 Å². The molecule has 1 aromatic carbocycles. The molecule has 1 fully saturated rings. The van der Waals surface area contributed by atoms with Gasteiger partial charge in [-0.3, -0.25) is 9.69 Å². The summed E-state index contributed by atoms with van der Waals surface area (Å²) in [6.07, 6.45) is 5.53. The summed E-state index contributed by atoms with van der Waals surface area (Å²) in [5, 5.41) is 5.96. The molecule has 1 aliphatic rings. The Labute approximate surface area is 171 Å².